The molecule has 1 aromatic carbocycles. The predicted octanol–water partition coefficient (Wildman–Crippen LogP) is 5.58. The van der Waals surface area contributed by atoms with Gasteiger partial charge < -0.3 is 5.11 Å². The molecule has 0 bridgehead atoms. The van der Waals surface area contributed by atoms with Gasteiger partial charge in [-0.25, -0.2) is 14.5 Å². The number of rotatable bonds is 10. The first kappa shape index (κ1) is 23.8. The molecule has 2 heterocycles. The minimum atomic E-state index is -0.976. The van der Waals surface area contributed by atoms with Crippen LogP contribution < -0.4 is 0 Å². The number of hydrogen-bond acceptors (Lipinski definition) is 5. The van der Waals surface area contributed by atoms with Crippen LogP contribution in [0.3, 0.4) is 0 Å². The van der Waals surface area contributed by atoms with Crippen LogP contribution in [0.2, 0.25) is 0 Å². The molecular formula is C27H32N4O3. The summed E-state index contributed by atoms with van der Waals surface area (Å²) in [6, 6.07) is 10.6. The Hall–Kier alpha value is -3.35. The summed E-state index contributed by atoms with van der Waals surface area (Å²) in [6.07, 6.45) is 11.0. The van der Waals surface area contributed by atoms with Crippen LogP contribution in [0, 0.1) is 5.92 Å². The van der Waals surface area contributed by atoms with Crippen LogP contribution in [-0.4, -0.2) is 36.6 Å². The molecule has 34 heavy (non-hydrogen) atoms. The molecule has 0 radical (unpaired) electrons. The number of aromatic nitrogens is 4. The van der Waals surface area contributed by atoms with E-state index in [1.165, 1.54) is 6.42 Å². The topological polar surface area (TPSA) is 98.0 Å². The van der Waals surface area contributed by atoms with Crippen molar-refractivity contribution in [2.75, 3.05) is 0 Å². The van der Waals surface area contributed by atoms with Gasteiger partial charge in [-0.1, -0.05) is 63.3 Å². The maximum atomic E-state index is 13.0. The van der Waals surface area contributed by atoms with E-state index in [9.17, 15) is 14.7 Å². The summed E-state index contributed by atoms with van der Waals surface area (Å²) in [5.74, 6) is 0.333. The summed E-state index contributed by atoms with van der Waals surface area (Å²) in [5, 5.41) is 14.1. The minimum absolute atomic E-state index is 0.0448. The molecule has 1 aliphatic carbocycles. The van der Waals surface area contributed by atoms with Crippen LogP contribution in [0.1, 0.15) is 90.7 Å². The number of aromatic carboxylic acids is 1. The van der Waals surface area contributed by atoms with Crippen LogP contribution in [0.5, 0.6) is 0 Å². The number of benzene rings is 1. The summed E-state index contributed by atoms with van der Waals surface area (Å²) in [6.45, 7) is 2.64. The van der Waals surface area contributed by atoms with Crippen molar-refractivity contribution in [2.45, 2.75) is 71.3 Å². The fraction of sp³-hybridized carbons (Fsp3) is 0.444. The third kappa shape index (κ3) is 5.58. The fourth-order valence-electron chi connectivity index (χ4n) is 4.61. The standard InChI is InChI=1S/C27H32N4O3/c1-2-3-5-14-24-29-26(25(32)20-10-6-4-7-11-20)30-31(24)18-19-15-16-23(28-17-19)21-12-8-9-13-22(21)27(33)34/h8-9,12-13,15-17,20H,2-7,10-11,14,18H2,1H3,(H,33,34). The number of carbonyl (C=O) groups is 2. The van der Waals surface area contributed by atoms with Crippen LogP contribution >= 0.6 is 0 Å². The Morgan fingerprint density at radius 2 is 1.85 bits per heavy atom. The molecule has 1 aliphatic rings. The van der Waals surface area contributed by atoms with Crippen molar-refractivity contribution in [1.29, 1.82) is 0 Å². The van der Waals surface area contributed by atoms with Crippen molar-refractivity contribution in [3.8, 4) is 11.3 Å². The van der Waals surface area contributed by atoms with E-state index in [1.807, 2.05) is 16.8 Å². The van der Waals surface area contributed by atoms with E-state index < -0.39 is 5.97 Å². The van der Waals surface area contributed by atoms with Gasteiger partial charge in [0.2, 0.25) is 11.6 Å². The third-order valence-electron chi connectivity index (χ3n) is 6.54. The second kappa shape index (κ2) is 11.2. The lowest BCUT2D eigenvalue weighted by Gasteiger charge is -2.18. The van der Waals surface area contributed by atoms with E-state index in [1.54, 1.807) is 30.5 Å². The molecule has 0 amide bonds. The molecule has 0 atom stereocenters. The number of hydrogen-bond donors (Lipinski definition) is 1. The van der Waals surface area contributed by atoms with Gasteiger partial charge in [0.1, 0.15) is 5.82 Å². The van der Waals surface area contributed by atoms with Gasteiger partial charge in [0.25, 0.3) is 0 Å². The van der Waals surface area contributed by atoms with E-state index in [0.717, 1.165) is 62.8 Å². The Labute approximate surface area is 200 Å². The number of ketones is 1. The summed E-state index contributed by atoms with van der Waals surface area (Å²) in [4.78, 5) is 33.8. The first-order valence-electron chi connectivity index (χ1n) is 12.3. The average Bonchev–Trinajstić information content (AvgIpc) is 3.27. The number of carboxylic acids is 1. The first-order valence-corrected chi connectivity index (χ1v) is 12.3. The highest BCUT2D eigenvalue weighted by Gasteiger charge is 2.26. The zero-order chi connectivity index (χ0) is 23.9. The fourth-order valence-corrected chi connectivity index (χ4v) is 4.61. The molecular weight excluding hydrogens is 428 g/mol. The molecule has 1 saturated carbocycles. The van der Waals surface area contributed by atoms with Gasteiger partial charge >= 0.3 is 5.97 Å². The lowest BCUT2D eigenvalue weighted by molar-refractivity contribution is 0.0697. The quantitative estimate of drug-likeness (QED) is 0.313. The van der Waals surface area contributed by atoms with Crippen LogP contribution in [0.4, 0.5) is 0 Å². The SMILES string of the molecule is CCCCCc1nc(C(=O)C2CCCCC2)nn1Cc1ccc(-c2ccccc2C(=O)O)nc1. The Kier molecular flexibility index (Phi) is 7.83. The zero-order valence-electron chi connectivity index (χ0n) is 19.7. The van der Waals surface area contributed by atoms with Gasteiger partial charge in [-0.15, -0.1) is 5.10 Å². The van der Waals surface area contributed by atoms with Crippen molar-refractivity contribution in [3.05, 3.63) is 65.4 Å². The number of carbonyl (C=O) groups excluding carboxylic acids is 1. The van der Waals surface area contributed by atoms with Crippen LogP contribution in [0.25, 0.3) is 11.3 Å². The van der Waals surface area contributed by atoms with Crippen LogP contribution in [0.15, 0.2) is 42.6 Å². The molecule has 1 fully saturated rings. The number of aryl methyl sites for hydroxylation is 1. The van der Waals surface area contributed by atoms with Gasteiger partial charge in [0.15, 0.2) is 0 Å². The van der Waals surface area contributed by atoms with Crippen molar-refractivity contribution in [3.63, 3.8) is 0 Å². The zero-order valence-corrected chi connectivity index (χ0v) is 19.7. The third-order valence-corrected chi connectivity index (χ3v) is 6.54. The summed E-state index contributed by atoms with van der Waals surface area (Å²) in [7, 11) is 0. The van der Waals surface area contributed by atoms with E-state index in [2.05, 4.69) is 22.0 Å². The molecule has 1 N–H and O–H groups in total. The summed E-state index contributed by atoms with van der Waals surface area (Å²) < 4.78 is 1.84. The van der Waals surface area contributed by atoms with Crippen molar-refractivity contribution >= 4 is 11.8 Å². The molecule has 3 aromatic rings. The lowest BCUT2D eigenvalue weighted by Crippen LogP contribution is -2.19. The predicted molar refractivity (Wildman–Crippen MR) is 130 cm³/mol. The molecule has 0 aliphatic heterocycles. The number of pyridine rings is 1. The van der Waals surface area contributed by atoms with Crippen LogP contribution in [-0.2, 0) is 13.0 Å². The monoisotopic (exact) mass is 460 g/mol. The van der Waals surface area contributed by atoms with Crippen molar-refractivity contribution in [2.24, 2.45) is 5.92 Å². The van der Waals surface area contributed by atoms with E-state index in [0.29, 0.717) is 23.6 Å². The molecule has 0 unspecified atom stereocenters. The van der Waals surface area contributed by atoms with Crippen molar-refractivity contribution in [1.82, 2.24) is 19.7 Å². The van der Waals surface area contributed by atoms with Gasteiger partial charge in [-0.3, -0.25) is 9.78 Å². The highest BCUT2D eigenvalue weighted by molar-refractivity contribution is 5.95. The number of carboxylic acid groups (broad SMARTS) is 1. The second-order valence-electron chi connectivity index (χ2n) is 9.07. The van der Waals surface area contributed by atoms with Crippen molar-refractivity contribution < 1.29 is 14.7 Å². The highest BCUT2D eigenvalue weighted by atomic mass is 16.4. The molecule has 7 heteroatoms. The minimum Gasteiger partial charge on any atom is -0.478 e. The molecule has 7 nitrogen and oxygen atoms in total. The Balaban J connectivity index is 1.55. The smallest absolute Gasteiger partial charge is 0.336 e. The van der Waals surface area contributed by atoms with Gasteiger partial charge in [-0.05, 0) is 37.0 Å². The van der Waals surface area contributed by atoms with Gasteiger partial charge in [-0.2, -0.15) is 0 Å². The first-order chi connectivity index (χ1) is 16.6. The molecule has 2 aromatic heterocycles. The summed E-state index contributed by atoms with van der Waals surface area (Å²) in [5.41, 5.74) is 2.34. The summed E-state index contributed by atoms with van der Waals surface area (Å²) >= 11 is 0. The highest BCUT2D eigenvalue weighted by Crippen LogP contribution is 2.26. The largest absolute Gasteiger partial charge is 0.478 e. The van der Waals surface area contributed by atoms with Gasteiger partial charge in [0.05, 0.1) is 17.8 Å². The molecule has 0 saturated heterocycles. The Bertz CT molecular complexity index is 1130. The lowest BCUT2D eigenvalue weighted by atomic mass is 9.86. The second-order valence-corrected chi connectivity index (χ2v) is 9.07. The molecule has 0 spiro atoms. The van der Waals surface area contributed by atoms with E-state index in [4.69, 9.17) is 0 Å². The maximum absolute atomic E-state index is 13.0. The number of Topliss-reactive ketones (excluding diaryl/α,β-unsaturated/α-hetero) is 1. The maximum Gasteiger partial charge on any atom is 0.336 e. The van der Waals surface area contributed by atoms with E-state index >= 15 is 0 Å². The molecule has 4 rings (SSSR count). The normalized spacial score (nSPS) is 14.3. The van der Waals surface area contributed by atoms with E-state index in [-0.39, 0.29) is 17.3 Å². The average molecular weight is 461 g/mol. The number of unbranched alkanes of at least 4 members (excludes halogenated alkanes) is 2. The Morgan fingerprint density at radius 1 is 1.06 bits per heavy atom. The molecule has 178 valence electrons. The number of nitrogens with zero attached hydrogens (tertiary/aromatic N) is 4. The Morgan fingerprint density at radius 3 is 2.56 bits per heavy atom. The van der Waals surface area contributed by atoms with Gasteiger partial charge in [0, 0.05) is 24.1 Å².